The number of methoxy groups -OCH3 is 1. The maximum atomic E-state index is 13.5. The van der Waals surface area contributed by atoms with Crippen molar-refractivity contribution < 1.29 is 9.13 Å². The average Bonchev–Trinajstić information content (AvgIpc) is 2.33. The number of nitrogen functional groups attached to an aromatic ring is 1. The molecule has 4 heteroatoms. The molecule has 3 N–H and O–H groups in total. The summed E-state index contributed by atoms with van der Waals surface area (Å²) >= 11 is 0. The number of hydrogen-bond acceptors (Lipinski definition) is 3. The zero-order chi connectivity index (χ0) is 12.3. The Hall–Kier alpha value is -2.23. The summed E-state index contributed by atoms with van der Waals surface area (Å²) in [6.45, 7) is 0. The van der Waals surface area contributed by atoms with Gasteiger partial charge in [-0.3, -0.25) is 0 Å². The molecule has 3 nitrogen and oxygen atoms in total. The highest BCUT2D eigenvalue weighted by Crippen LogP contribution is 2.24. The summed E-state index contributed by atoms with van der Waals surface area (Å²) in [5, 5.41) is 2.96. The summed E-state index contributed by atoms with van der Waals surface area (Å²) in [7, 11) is 1.59. The predicted molar refractivity (Wildman–Crippen MR) is 67.1 cm³/mol. The lowest BCUT2D eigenvalue weighted by molar-refractivity contribution is 0.415. The van der Waals surface area contributed by atoms with Gasteiger partial charge in [-0.25, -0.2) is 4.39 Å². The van der Waals surface area contributed by atoms with Gasteiger partial charge in [-0.15, -0.1) is 0 Å². The highest BCUT2D eigenvalue weighted by molar-refractivity contribution is 5.63. The molecule has 2 rings (SSSR count). The molecule has 0 fully saturated rings. The normalized spacial score (nSPS) is 10.0. The van der Waals surface area contributed by atoms with Gasteiger partial charge < -0.3 is 15.8 Å². The molecule has 17 heavy (non-hydrogen) atoms. The van der Waals surface area contributed by atoms with Crippen LogP contribution in [0.25, 0.3) is 0 Å². The molecule has 88 valence electrons. The standard InChI is InChI=1S/C13H13FN2O/c1-17-11-4-2-3-10(8-11)16-13-6-5-9(15)7-12(13)14/h2-8,16H,15H2,1H3. The lowest BCUT2D eigenvalue weighted by atomic mass is 10.2. The van der Waals surface area contributed by atoms with Crippen molar-refractivity contribution in [2.75, 3.05) is 18.2 Å². The van der Waals surface area contributed by atoms with Crippen molar-refractivity contribution in [1.29, 1.82) is 0 Å². The molecular formula is C13H13FN2O. The SMILES string of the molecule is COc1cccc(Nc2ccc(N)cc2F)c1. The molecular weight excluding hydrogens is 219 g/mol. The van der Waals surface area contributed by atoms with Crippen molar-refractivity contribution in [1.82, 2.24) is 0 Å². The summed E-state index contributed by atoms with van der Waals surface area (Å²) < 4.78 is 18.6. The minimum absolute atomic E-state index is 0.382. The first-order valence-corrected chi connectivity index (χ1v) is 5.15. The van der Waals surface area contributed by atoms with Crippen LogP contribution in [0, 0.1) is 5.82 Å². The predicted octanol–water partition coefficient (Wildman–Crippen LogP) is 3.16. The third-order valence-corrected chi connectivity index (χ3v) is 2.34. The molecule has 0 aliphatic carbocycles. The van der Waals surface area contributed by atoms with Gasteiger partial charge in [-0.05, 0) is 30.3 Å². The van der Waals surface area contributed by atoms with Crippen LogP contribution in [0.2, 0.25) is 0 Å². The van der Waals surface area contributed by atoms with E-state index in [1.807, 2.05) is 18.2 Å². The number of hydrogen-bond donors (Lipinski definition) is 2. The Bertz CT molecular complexity index is 529. The van der Waals surface area contributed by atoms with Gasteiger partial charge in [0, 0.05) is 17.4 Å². The first-order valence-electron chi connectivity index (χ1n) is 5.15. The largest absolute Gasteiger partial charge is 0.497 e. The van der Waals surface area contributed by atoms with Gasteiger partial charge in [-0.1, -0.05) is 6.07 Å². The summed E-state index contributed by atoms with van der Waals surface area (Å²) in [4.78, 5) is 0. The van der Waals surface area contributed by atoms with Crippen molar-refractivity contribution in [3.8, 4) is 5.75 Å². The maximum absolute atomic E-state index is 13.5. The second-order valence-corrected chi connectivity index (χ2v) is 3.60. The van der Waals surface area contributed by atoms with Gasteiger partial charge >= 0.3 is 0 Å². The molecule has 0 heterocycles. The van der Waals surface area contributed by atoms with E-state index in [4.69, 9.17) is 10.5 Å². The number of ether oxygens (including phenoxy) is 1. The van der Waals surface area contributed by atoms with Gasteiger partial charge in [0.15, 0.2) is 0 Å². The van der Waals surface area contributed by atoms with Crippen molar-refractivity contribution in [3.05, 3.63) is 48.3 Å². The lowest BCUT2D eigenvalue weighted by Gasteiger charge is -2.09. The molecule has 2 aromatic carbocycles. The van der Waals surface area contributed by atoms with Crippen LogP contribution in [0.15, 0.2) is 42.5 Å². The molecule has 0 saturated heterocycles. The van der Waals surface area contributed by atoms with Crippen LogP contribution < -0.4 is 15.8 Å². The molecule has 0 spiro atoms. The highest BCUT2D eigenvalue weighted by atomic mass is 19.1. The minimum Gasteiger partial charge on any atom is -0.497 e. The van der Waals surface area contributed by atoms with Crippen LogP contribution in [0.5, 0.6) is 5.75 Å². The van der Waals surface area contributed by atoms with Gasteiger partial charge in [0.25, 0.3) is 0 Å². The zero-order valence-electron chi connectivity index (χ0n) is 9.41. The monoisotopic (exact) mass is 232 g/mol. The fourth-order valence-corrected chi connectivity index (χ4v) is 1.49. The van der Waals surface area contributed by atoms with Crippen LogP contribution in [-0.4, -0.2) is 7.11 Å². The Balaban J connectivity index is 2.25. The second kappa shape index (κ2) is 4.74. The van der Waals surface area contributed by atoms with Gasteiger partial charge in [-0.2, -0.15) is 0 Å². The average molecular weight is 232 g/mol. The Morgan fingerprint density at radius 2 is 2.00 bits per heavy atom. The van der Waals surface area contributed by atoms with Gasteiger partial charge in [0.05, 0.1) is 12.8 Å². The van der Waals surface area contributed by atoms with Crippen molar-refractivity contribution in [2.24, 2.45) is 0 Å². The molecule has 0 saturated carbocycles. The van der Waals surface area contributed by atoms with E-state index in [0.717, 1.165) is 5.69 Å². The molecule has 0 amide bonds. The number of halogens is 1. The fraction of sp³-hybridized carbons (Fsp3) is 0.0769. The fourth-order valence-electron chi connectivity index (χ4n) is 1.49. The quantitative estimate of drug-likeness (QED) is 0.799. The molecule has 0 aromatic heterocycles. The van der Waals surface area contributed by atoms with E-state index in [1.54, 1.807) is 25.3 Å². The van der Waals surface area contributed by atoms with Crippen LogP contribution in [-0.2, 0) is 0 Å². The third-order valence-electron chi connectivity index (χ3n) is 2.34. The summed E-state index contributed by atoms with van der Waals surface area (Å²) in [5.74, 6) is 0.332. The summed E-state index contributed by atoms with van der Waals surface area (Å²) in [5.41, 5.74) is 7.02. The van der Waals surface area contributed by atoms with Crippen LogP contribution in [0.3, 0.4) is 0 Å². The topological polar surface area (TPSA) is 47.3 Å². The van der Waals surface area contributed by atoms with E-state index in [-0.39, 0.29) is 5.82 Å². The first kappa shape index (κ1) is 11.3. The number of nitrogens with two attached hydrogens (primary N) is 1. The summed E-state index contributed by atoms with van der Waals surface area (Å²) in [6.07, 6.45) is 0. The number of nitrogens with one attached hydrogen (secondary N) is 1. The molecule has 0 aliphatic heterocycles. The van der Waals surface area contributed by atoms with Crippen molar-refractivity contribution >= 4 is 17.1 Å². The smallest absolute Gasteiger partial charge is 0.148 e. The van der Waals surface area contributed by atoms with Crippen LogP contribution >= 0.6 is 0 Å². The van der Waals surface area contributed by atoms with E-state index < -0.39 is 0 Å². The molecule has 0 unspecified atom stereocenters. The third kappa shape index (κ3) is 2.66. The van der Waals surface area contributed by atoms with Crippen LogP contribution in [0.1, 0.15) is 0 Å². The Kier molecular flexibility index (Phi) is 3.14. The number of benzene rings is 2. The molecule has 0 atom stereocenters. The molecule has 0 radical (unpaired) electrons. The maximum Gasteiger partial charge on any atom is 0.148 e. The molecule has 0 aliphatic rings. The van der Waals surface area contributed by atoms with E-state index in [0.29, 0.717) is 17.1 Å². The van der Waals surface area contributed by atoms with E-state index in [9.17, 15) is 4.39 Å². The van der Waals surface area contributed by atoms with E-state index in [1.165, 1.54) is 6.07 Å². The second-order valence-electron chi connectivity index (χ2n) is 3.60. The van der Waals surface area contributed by atoms with Crippen molar-refractivity contribution in [2.45, 2.75) is 0 Å². The lowest BCUT2D eigenvalue weighted by Crippen LogP contribution is -1.95. The Morgan fingerprint density at radius 3 is 2.71 bits per heavy atom. The van der Waals surface area contributed by atoms with E-state index >= 15 is 0 Å². The van der Waals surface area contributed by atoms with E-state index in [2.05, 4.69) is 5.32 Å². The molecule has 2 aromatic rings. The zero-order valence-corrected chi connectivity index (χ0v) is 9.41. The highest BCUT2D eigenvalue weighted by Gasteiger charge is 2.03. The minimum atomic E-state index is -0.382. The van der Waals surface area contributed by atoms with Gasteiger partial charge in [0.2, 0.25) is 0 Å². The Morgan fingerprint density at radius 1 is 1.18 bits per heavy atom. The summed E-state index contributed by atoms with van der Waals surface area (Å²) in [6, 6.07) is 11.8. The van der Waals surface area contributed by atoms with Gasteiger partial charge in [0.1, 0.15) is 11.6 Å². The Labute approximate surface area is 99.0 Å². The number of rotatable bonds is 3. The number of anilines is 3. The first-order chi connectivity index (χ1) is 8.19. The van der Waals surface area contributed by atoms with Crippen LogP contribution in [0.4, 0.5) is 21.5 Å². The molecule has 0 bridgehead atoms. The van der Waals surface area contributed by atoms with Crippen molar-refractivity contribution in [3.63, 3.8) is 0 Å².